The molecule has 1 saturated heterocycles. The molecule has 2 aromatic heterocycles. The fourth-order valence-corrected chi connectivity index (χ4v) is 5.95. The number of carboxylic acid groups (broad SMARTS) is 1. The summed E-state index contributed by atoms with van der Waals surface area (Å²) in [5, 5.41) is 13.0. The maximum Gasteiger partial charge on any atom is 0.433 e. The molecule has 2 amide bonds. The van der Waals surface area contributed by atoms with E-state index in [2.05, 4.69) is 10.1 Å². The maximum atomic E-state index is 14.5. The van der Waals surface area contributed by atoms with Crippen molar-refractivity contribution < 1.29 is 37.5 Å². The summed E-state index contributed by atoms with van der Waals surface area (Å²) in [6.07, 6.45) is -1.15. The van der Waals surface area contributed by atoms with E-state index in [4.69, 9.17) is 23.2 Å². The largest absolute Gasteiger partial charge is 0.481 e. The van der Waals surface area contributed by atoms with E-state index in [0.29, 0.717) is 0 Å². The van der Waals surface area contributed by atoms with Crippen molar-refractivity contribution in [3.05, 3.63) is 45.5 Å². The van der Waals surface area contributed by atoms with Crippen LogP contribution in [0.5, 0.6) is 0 Å². The molecule has 4 rings (SSSR count). The molecular weight excluding hydrogens is 602 g/mol. The molecule has 42 heavy (non-hydrogen) atoms. The molecule has 0 atom stereocenters. The minimum atomic E-state index is -4.98. The summed E-state index contributed by atoms with van der Waals surface area (Å²) in [7, 11) is 0. The smallest absolute Gasteiger partial charge is 0.433 e. The van der Waals surface area contributed by atoms with E-state index in [1.807, 2.05) is 0 Å². The van der Waals surface area contributed by atoms with Gasteiger partial charge in [0.1, 0.15) is 0 Å². The van der Waals surface area contributed by atoms with Gasteiger partial charge >= 0.3 is 12.1 Å². The molecule has 15 heteroatoms. The van der Waals surface area contributed by atoms with Gasteiger partial charge in [-0.2, -0.15) is 18.3 Å². The van der Waals surface area contributed by atoms with Crippen molar-refractivity contribution >= 4 is 46.8 Å². The SMILES string of the molecule is CC(C)(C)C(=O)N1CC(N(CC(=O)c2c(Cl)cncc2Cl)C(=O)c2cnn(C3CCC(C(=O)O)CC3)c2C(F)(F)F)C1. The van der Waals surface area contributed by atoms with Crippen LogP contribution in [-0.2, 0) is 15.8 Å². The summed E-state index contributed by atoms with van der Waals surface area (Å²) in [5.41, 5.74) is -2.87. The normalized spacial score (nSPS) is 19.8. The molecule has 2 fully saturated rings. The van der Waals surface area contributed by atoms with E-state index in [0.717, 1.165) is 15.8 Å². The minimum Gasteiger partial charge on any atom is -0.481 e. The average molecular weight is 632 g/mol. The second-order valence-corrected chi connectivity index (χ2v) is 12.5. The third-order valence-electron chi connectivity index (χ3n) is 7.63. The molecule has 3 heterocycles. The maximum absolute atomic E-state index is 14.5. The number of halogens is 5. The number of Topliss-reactive ketones (excluding diaryl/α,β-unsaturated/α-hetero) is 1. The van der Waals surface area contributed by atoms with Gasteiger partial charge in [-0.05, 0) is 25.7 Å². The standard InChI is InChI=1S/C27H30Cl2F3N5O5/c1-26(2,3)25(42)35-11-16(12-35)36(13-20(38)21-18(28)9-33-10-19(21)29)23(39)17-8-34-37(22(17)27(30,31)32)15-6-4-14(5-7-15)24(40)41/h8-10,14-16H,4-7,11-13H2,1-3H3,(H,40,41). The van der Waals surface area contributed by atoms with Crippen LogP contribution in [0.3, 0.4) is 0 Å². The van der Waals surface area contributed by atoms with Crippen LogP contribution >= 0.6 is 23.2 Å². The lowest BCUT2D eigenvalue weighted by Gasteiger charge is -2.47. The van der Waals surface area contributed by atoms with Gasteiger partial charge in [0.15, 0.2) is 11.5 Å². The van der Waals surface area contributed by atoms with Crippen molar-refractivity contribution in [2.24, 2.45) is 11.3 Å². The van der Waals surface area contributed by atoms with Crippen LogP contribution in [0.4, 0.5) is 13.2 Å². The van der Waals surface area contributed by atoms with Gasteiger partial charge in [0.25, 0.3) is 5.91 Å². The fraction of sp³-hybridized carbons (Fsp3) is 0.556. The molecule has 228 valence electrons. The quantitative estimate of drug-likeness (QED) is 0.426. The fourth-order valence-electron chi connectivity index (χ4n) is 5.37. The van der Waals surface area contributed by atoms with Crippen molar-refractivity contribution in [2.45, 2.75) is 64.7 Å². The second kappa shape index (κ2) is 11.8. The molecule has 0 aromatic carbocycles. The first-order chi connectivity index (χ1) is 19.5. The Morgan fingerprint density at radius 2 is 1.57 bits per heavy atom. The van der Waals surface area contributed by atoms with Gasteiger partial charge in [-0.1, -0.05) is 44.0 Å². The highest BCUT2D eigenvalue weighted by atomic mass is 35.5. The van der Waals surface area contributed by atoms with Crippen LogP contribution in [0, 0.1) is 11.3 Å². The highest BCUT2D eigenvalue weighted by Crippen LogP contribution is 2.39. The first-order valence-electron chi connectivity index (χ1n) is 13.3. The lowest BCUT2D eigenvalue weighted by atomic mass is 9.86. The minimum absolute atomic E-state index is 0.0155. The van der Waals surface area contributed by atoms with Gasteiger partial charge in [0.2, 0.25) is 5.91 Å². The number of hydrogen-bond donors (Lipinski definition) is 1. The highest BCUT2D eigenvalue weighted by Gasteiger charge is 2.46. The number of alkyl halides is 3. The van der Waals surface area contributed by atoms with Crippen LogP contribution < -0.4 is 0 Å². The van der Waals surface area contributed by atoms with Gasteiger partial charge in [0, 0.05) is 30.9 Å². The van der Waals surface area contributed by atoms with Crippen LogP contribution in [0.1, 0.15) is 78.9 Å². The number of amides is 2. The number of aromatic nitrogens is 3. The predicted octanol–water partition coefficient (Wildman–Crippen LogP) is 5.00. The predicted molar refractivity (Wildman–Crippen MR) is 145 cm³/mol. The second-order valence-electron chi connectivity index (χ2n) is 11.6. The lowest BCUT2D eigenvalue weighted by Crippen LogP contribution is -2.64. The molecule has 0 bridgehead atoms. The Bertz CT molecular complexity index is 1370. The van der Waals surface area contributed by atoms with Crippen LogP contribution in [0.15, 0.2) is 18.6 Å². The van der Waals surface area contributed by atoms with Crippen LogP contribution in [0.25, 0.3) is 0 Å². The number of nitrogens with zero attached hydrogens (tertiary/aromatic N) is 5. The topological polar surface area (TPSA) is 126 Å². The Hall–Kier alpha value is -3.19. The first-order valence-corrected chi connectivity index (χ1v) is 14.1. The Morgan fingerprint density at radius 3 is 2.07 bits per heavy atom. The van der Waals surface area contributed by atoms with Crippen molar-refractivity contribution in [1.29, 1.82) is 0 Å². The zero-order valence-electron chi connectivity index (χ0n) is 23.1. The van der Waals surface area contributed by atoms with E-state index < -0.39 is 65.1 Å². The Labute approximate surface area is 249 Å². The zero-order chi connectivity index (χ0) is 31.1. The third-order valence-corrected chi connectivity index (χ3v) is 8.20. The number of carboxylic acids is 1. The molecular formula is C27H30Cl2F3N5O5. The molecule has 0 unspecified atom stereocenters. The van der Waals surface area contributed by atoms with Gasteiger partial charge in [0.05, 0.1) is 51.9 Å². The van der Waals surface area contributed by atoms with Gasteiger partial charge < -0.3 is 14.9 Å². The van der Waals surface area contributed by atoms with Crippen LogP contribution in [-0.4, -0.2) is 78.9 Å². The van der Waals surface area contributed by atoms with Gasteiger partial charge in [-0.25, -0.2) is 0 Å². The summed E-state index contributed by atoms with van der Waals surface area (Å²) in [4.78, 5) is 57.5. The number of pyridine rings is 1. The molecule has 2 aliphatic rings. The van der Waals surface area contributed by atoms with E-state index in [1.54, 1.807) is 20.8 Å². The number of aliphatic carboxylic acids is 1. The molecule has 1 N–H and O–H groups in total. The first kappa shape index (κ1) is 31.7. The number of carbonyl (C=O) groups is 4. The molecule has 1 aliphatic carbocycles. The van der Waals surface area contributed by atoms with Crippen molar-refractivity contribution in [3.63, 3.8) is 0 Å². The number of hydrogen-bond acceptors (Lipinski definition) is 6. The Morgan fingerprint density at radius 1 is 1.00 bits per heavy atom. The Balaban J connectivity index is 1.67. The molecule has 10 nitrogen and oxygen atoms in total. The molecule has 0 radical (unpaired) electrons. The van der Waals surface area contributed by atoms with Crippen molar-refractivity contribution in [2.75, 3.05) is 19.6 Å². The van der Waals surface area contributed by atoms with Crippen molar-refractivity contribution in [1.82, 2.24) is 24.6 Å². The summed E-state index contributed by atoms with van der Waals surface area (Å²) in [5.74, 6) is -3.67. The zero-order valence-corrected chi connectivity index (χ0v) is 24.6. The van der Waals surface area contributed by atoms with Gasteiger partial charge in [-0.3, -0.25) is 28.8 Å². The average Bonchev–Trinajstić information content (AvgIpc) is 3.32. The van der Waals surface area contributed by atoms with E-state index in [9.17, 15) is 37.5 Å². The number of likely N-dealkylation sites (tertiary alicyclic amines) is 1. The van der Waals surface area contributed by atoms with Crippen molar-refractivity contribution in [3.8, 4) is 0 Å². The monoisotopic (exact) mass is 631 g/mol. The third kappa shape index (κ3) is 6.41. The molecule has 2 aromatic rings. The summed E-state index contributed by atoms with van der Waals surface area (Å²) >= 11 is 12.3. The number of ketones is 1. The number of rotatable bonds is 7. The highest BCUT2D eigenvalue weighted by molar-refractivity contribution is 6.39. The van der Waals surface area contributed by atoms with E-state index in [-0.39, 0.29) is 60.3 Å². The lowest BCUT2D eigenvalue weighted by molar-refractivity contribution is -0.147. The molecule has 0 spiro atoms. The Kier molecular flexibility index (Phi) is 8.94. The van der Waals surface area contributed by atoms with Crippen LogP contribution in [0.2, 0.25) is 10.0 Å². The van der Waals surface area contributed by atoms with E-state index in [1.165, 1.54) is 17.3 Å². The molecule has 1 aliphatic heterocycles. The summed E-state index contributed by atoms with van der Waals surface area (Å²) < 4.78 is 44.2. The summed E-state index contributed by atoms with van der Waals surface area (Å²) in [6.45, 7) is 4.53. The number of carbonyl (C=O) groups excluding carboxylic acids is 3. The van der Waals surface area contributed by atoms with Gasteiger partial charge in [-0.15, -0.1) is 0 Å². The van der Waals surface area contributed by atoms with E-state index >= 15 is 0 Å². The summed E-state index contributed by atoms with van der Waals surface area (Å²) in [6, 6.07) is -1.52. The molecule has 1 saturated carbocycles.